The van der Waals surface area contributed by atoms with E-state index in [-0.39, 0.29) is 11.7 Å². The van der Waals surface area contributed by atoms with E-state index in [1.54, 1.807) is 6.07 Å². The zero-order valence-electron chi connectivity index (χ0n) is 12.2. The molecule has 0 atom stereocenters. The number of aromatic hydroxyl groups is 1. The summed E-state index contributed by atoms with van der Waals surface area (Å²) in [5, 5.41) is 9.53. The zero-order chi connectivity index (χ0) is 14.4. The van der Waals surface area contributed by atoms with Crippen LogP contribution in [0, 0.1) is 5.92 Å². The fourth-order valence-corrected chi connectivity index (χ4v) is 3.09. The summed E-state index contributed by atoms with van der Waals surface area (Å²) in [5.74, 6) is 0.525. The van der Waals surface area contributed by atoms with Crippen LogP contribution >= 0.6 is 0 Å². The Bertz CT molecular complexity index is 446. The van der Waals surface area contributed by atoms with Gasteiger partial charge in [0.05, 0.1) is 12.7 Å². The van der Waals surface area contributed by atoms with Crippen LogP contribution in [0.2, 0.25) is 0 Å². The predicted octanol–water partition coefficient (Wildman–Crippen LogP) is 4.08. The molecule has 0 heterocycles. The third-order valence-corrected chi connectivity index (χ3v) is 4.30. The third-order valence-electron chi connectivity index (χ3n) is 4.30. The van der Waals surface area contributed by atoms with Crippen LogP contribution < -0.4 is 0 Å². The molecule has 0 radical (unpaired) electrons. The third kappa shape index (κ3) is 3.99. The molecule has 1 aliphatic carbocycles. The Labute approximate surface area is 121 Å². The van der Waals surface area contributed by atoms with E-state index in [0.717, 1.165) is 24.3 Å². The molecule has 0 aliphatic heterocycles. The molecule has 0 amide bonds. The van der Waals surface area contributed by atoms with Crippen LogP contribution in [-0.4, -0.2) is 18.2 Å². The van der Waals surface area contributed by atoms with E-state index in [9.17, 15) is 9.90 Å². The van der Waals surface area contributed by atoms with Gasteiger partial charge in [-0.2, -0.15) is 0 Å². The van der Waals surface area contributed by atoms with Gasteiger partial charge in [-0.1, -0.05) is 44.6 Å². The van der Waals surface area contributed by atoms with Gasteiger partial charge in [0.2, 0.25) is 0 Å². The molecule has 0 bridgehead atoms. The number of ether oxygens (including phenoxy) is 1. The minimum atomic E-state index is -0.364. The Morgan fingerprint density at radius 1 is 1.25 bits per heavy atom. The molecule has 0 spiro atoms. The van der Waals surface area contributed by atoms with Crippen LogP contribution in [0.5, 0.6) is 5.75 Å². The highest BCUT2D eigenvalue weighted by atomic mass is 16.5. The molecule has 1 saturated carbocycles. The smallest absolute Gasteiger partial charge is 0.338 e. The first-order valence-corrected chi connectivity index (χ1v) is 7.61. The van der Waals surface area contributed by atoms with Crippen molar-refractivity contribution >= 4 is 5.97 Å². The molecule has 3 heteroatoms. The van der Waals surface area contributed by atoms with E-state index in [4.69, 9.17) is 4.74 Å². The number of esters is 1. The normalized spacial score (nSPS) is 16.6. The first-order valence-electron chi connectivity index (χ1n) is 7.61. The standard InChI is InChI=1S/C17H24O3/c1-20-17(19)16-12-15(18)11-10-14(16)9-8-13-6-4-2-3-5-7-13/h10-13,18H,2-9H2,1H3. The number of phenolic OH excluding ortho intramolecular Hbond substituents is 1. The summed E-state index contributed by atoms with van der Waals surface area (Å²) in [6.45, 7) is 0. The minimum absolute atomic E-state index is 0.114. The van der Waals surface area contributed by atoms with Crippen molar-refractivity contribution in [3.63, 3.8) is 0 Å². The number of rotatable bonds is 4. The second kappa shape index (κ2) is 7.32. The summed E-state index contributed by atoms with van der Waals surface area (Å²) in [5.41, 5.74) is 1.49. The molecule has 2 rings (SSSR count). The number of hydrogen-bond acceptors (Lipinski definition) is 3. The summed E-state index contributed by atoms with van der Waals surface area (Å²) >= 11 is 0. The summed E-state index contributed by atoms with van der Waals surface area (Å²) < 4.78 is 4.79. The maximum Gasteiger partial charge on any atom is 0.338 e. The van der Waals surface area contributed by atoms with E-state index >= 15 is 0 Å². The SMILES string of the molecule is COC(=O)c1cc(O)ccc1CCC1CCCCCC1. The topological polar surface area (TPSA) is 46.5 Å². The van der Waals surface area contributed by atoms with Gasteiger partial charge < -0.3 is 9.84 Å². The Balaban J connectivity index is 2.02. The van der Waals surface area contributed by atoms with Crippen LogP contribution in [0.15, 0.2) is 18.2 Å². The first kappa shape index (κ1) is 14.9. The minimum Gasteiger partial charge on any atom is -0.508 e. The maximum absolute atomic E-state index is 11.8. The van der Waals surface area contributed by atoms with Crippen LogP contribution in [-0.2, 0) is 11.2 Å². The lowest BCUT2D eigenvalue weighted by Crippen LogP contribution is -2.08. The van der Waals surface area contributed by atoms with E-state index < -0.39 is 0 Å². The Morgan fingerprint density at radius 2 is 1.95 bits per heavy atom. The van der Waals surface area contributed by atoms with Crippen molar-refractivity contribution in [1.29, 1.82) is 0 Å². The van der Waals surface area contributed by atoms with Gasteiger partial charge in [-0.3, -0.25) is 0 Å². The largest absolute Gasteiger partial charge is 0.508 e. The maximum atomic E-state index is 11.8. The molecular weight excluding hydrogens is 252 g/mol. The van der Waals surface area contributed by atoms with Crippen LogP contribution in [0.3, 0.4) is 0 Å². The van der Waals surface area contributed by atoms with Crippen LogP contribution in [0.4, 0.5) is 0 Å². The highest BCUT2D eigenvalue weighted by Crippen LogP contribution is 2.28. The van der Waals surface area contributed by atoms with Crippen molar-refractivity contribution in [2.24, 2.45) is 5.92 Å². The zero-order valence-corrected chi connectivity index (χ0v) is 12.2. The summed E-state index contributed by atoms with van der Waals surface area (Å²) in [4.78, 5) is 11.8. The van der Waals surface area contributed by atoms with Crippen molar-refractivity contribution in [2.45, 2.75) is 51.4 Å². The van der Waals surface area contributed by atoms with Crippen LogP contribution in [0.1, 0.15) is 60.9 Å². The number of carbonyl (C=O) groups is 1. The number of benzene rings is 1. The van der Waals surface area contributed by atoms with Crippen molar-refractivity contribution < 1.29 is 14.6 Å². The van der Waals surface area contributed by atoms with E-state index in [2.05, 4.69) is 0 Å². The number of methoxy groups -OCH3 is 1. The first-order chi connectivity index (χ1) is 9.70. The van der Waals surface area contributed by atoms with Gasteiger partial charge in [-0.15, -0.1) is 0 Å². The number of hydrogen-bond donors (Lipinski definition) is 1. The fourth-order valence-electron chi connectivity index (χ4n) is 3.09. The highest BCUT2D eigenvalue weighted by molar-refractivity contribution is 5.91. The van der Waals surface area contributed by atoms with Gasteiger partial charge in [-0.05, 0) is 36.5 Å². The molecule has 3 nitrogen and oxygen atoms in total. The Hall–Kier alpha value is -1.51. The summed E-state index contributed by atoms with van der Waals surface area (Å²) in [6.07, 6.45) is 10.0. The molecule has 20 heavy (non-hydrogen) atoms. The van der Waals surface area contributed by atoms with Gasteiger partial charge in [0.1, 0.15) is 5.75 Å². The second-order valence-corrected chi connectivity index (χ2v) is 5.73. The average molecular weight is 276 g/mol. The van der Waals surface area contributed by atoms with Gasteiger partial charge in [0.15, 0.2) is 0 Å². The number of phenols is 1. The molecule has 0 unspecified atom stereocenters. The molecular formula is C17H24O3. The van der Waals surface area contributed by atoms with Crippen molar-refractivity contribution in [3.05, 3.63) is 29.3 Å². The molecule has 0 aromatic heterocycles. The molecule has 1 aromatic carbocycles. The predicted molar refractivity (Wildman–Crippen MR) is 79.0 cm³/mol. The van der Waals surface area contributed by atoms with Crippen molar-refractivity contribution in [3.8, 4) is 5.75 Å². The van der Waals surface area contributed by atoms with Gasteiger partial charge in [0.25, 0.3) is 0 Å². The highest BCUT2D eigenvalue weighted by Gasteiger charge is 2.16. The van der Waals surface area contributed by atoms with Crippen LogP contribution in [0.25, 0.3) is 0 Å². The summed E-state index contributed by atoms with van der Waals surface area (Å²) in [7, 11) is 1.38. The summed E-state index contributed by atoms with van der Waals surface area (Å²) in [6, 6.07) is 5.00. The average Bonchev–Trinajstić information content (AvgIpc) is 2.73. The monoisotopic (exact) mass is 276 g/mol. The fraction of sp³-hybridized carbons (Fsp3) is 0.588. The van der Waals surface area contributed by atoms with Gasteiger partial charge in [-0.25, -0.2) is 4.79 Å². The number of aryl methyl sites for hydroxylation is 1. The molecule has 1 aromatic rings. The molecule has 1 N–H and O–H groups in total. The molecule has 1 fully saturated rings. The van der Waals surface area contributed by atoms with Gasteiger partial charge >= 0.3 is 5.97 Å². The second-order valence-electron chi connectivity index (χ2n) is 5.73. The van der Waals surface area contributed by atoms with E-state index in [1.165, 1.54) is 51.7 Å². The molecule has 0 saturated heterocycles. The van der Waals surface area contributed by atoms with E-state index in [0.29, 0.717) is 5.56 Å². The number of carbonyl (C=O) groups excluding carboxylic acids is 1. The van der Waals surface area contributed by atoms with Crippen molar-refractivity contribution in [1.82, 2.24) is 0 Å². The quantitative estimate of drug-likeness (QED) is 0.665. The van der Waals surface area contributed by atoms with Crippen molar-refractivity contribution in [2.75, 3.05) is 7.11 Å². The lowest BCUT2D eigenvalue weighted by atomic mass is 9.91. The Morgan fingerprint density at radius 3 is 2.60 bits per heavy atom. The lowest BCUT2D eigenvalue weighted by Gasteiger charge is -2.15. The Kier molecular flexibility index (Phi) is 5.45. The lowest BCUT2D eigenvalue weighted by molar-refractivity contribution is 0.0599. The molecule has 1 aliphatic rings. The molecule has 110 valence electrons. The van der Waals surface area contributed by atoms with E-state index in [1.807, 2.05) is 6.07 Å². The van der Waals surface area contributed by atoms with Gasteiger partial charge in [0, 0.05) is 0 Å².